The van der Waals surface area contributed by atoms with Crippen LogP contribution >= 0.6 is 0 Å². The van der Waals surface area contributed by atoms with E-state index in [0.29, 0.717) is 29.4 Å². The number of rotatable bonds is 9. The maximum absolute atomic E-state index is 11.9. The first-order chi connectivity index (χ1) is 12.1. The predicted octanol–water partition coefficient (Wildman–Crippen LogP) is 4.05. The molecular weight excluding hydrogens is 320 g/mol. The Balaban J connectivity index is 1.83. The van der Waals surface area contributed by atoms with Crippen LogP contribution in [0.3, 0.4) is 0 Å². The van der Waals surface area contributed by atoms with Crippen LogP contribution in [0.2, 0.25) is 0 Å². The van der Waals surface area contributed by atoms with Crippen LogP contribution < -0.4 is 14.2 Å². The minimum atomic E-state index is -0.520. The van der Waals surface area contributed by atoms with Crippen molar-refractivity contribution in [2.45, 2.75) is 26.7 Å². The summed E-state index contributed by atoms with van der Waals surface area (Å²) in [6, 6.07) is 13.5. The van der Waals surface area contributed by atoms with E-state index in [2.05, 4.69) is 6.92 Å². The molecule has 0 atom stereocenters. The van der Waals surface area contributed by atoms with Crippen molar-refractivity contribution in [3.63, 3.8) is 0 Å². The molecule has 132 valence electrons. The van der Waals surface area contributed by atoms with Crippen LogP contribution in [0.25, 0.3) is 0 Å². The van der Waals surface area contributed by atoms with Crippen LogP contribution in [0.15, 0.2) is 48.5 Å². The minimum Gasteiger partial charge on any atom is -0.493 e. The average molecular weight is 342 g/mol. The number of hydrogen-bond acceptors (Lipinski definition) is 5. The standard InChI is InChI=1S/C20H22O5/c1-3-4-12-23-18-6-5-7-19(13-18)24-14-20(22)25-17-10-8-16(9-11-17)15(2)21/h5-11,13H,3-4,12,14H2,1-2H3. The fourth-order valence-corrected chi connectivity index (χ4v) is 2.05. The Bertz CT molecular complexity index is 706. The van der Waals surface area contributed by atoms with E-state index in [1.54, 1.807) is 36.4 Å². The molecule has 25 heavy (non-hydrogen) atoms. The van der Waals surface area contributed by atoms with Gasteiger partial charge in [0.1, 0.15) is 17.2 Å². The third kappa shape index (κ3) is 6.30. The normalized spacial score (nSPS) is 10.2. The molecule has 0 unspecified atom stereocenters. The molecule has 0 aliphatic heterocycles. The van der Waals surface area contributed by atoms with Crippen molar-refractivity contribution >= 4 is 11.8 Å². The van der Waals surface area contributed by atoms with E-state index in [4.69, 9.17) is 14.2 Å². The Kier molecular flexibility index (Phi) is 7.01. The SMILES string of the molecule is CCCCOc1cccc(OCC(=O)Oc2ccc(C(C)=O)cc2)c1. The third-order valence-corrected chi connectivity index (χ3v) is 3.42. The number of unbranched alkanes of at least 4 members (excludes halogenated alkanes) is 1. The molecular formula is C20H22O5. The molecule has 2 aromatic carbocycles. The zero-order valence-corrected chi connectivity index (χ0v) is 14.5. The summed E-state index contributed by atoms with van der Waals surface area (Å²) in [5.41, 5.74) is 0.566. The molecule has 5 nitrogen and oxygen atoms in total. The summed E-state index contributed by atoms with van der Waals surface area (Å²) in [5.74, 6) is 1.06. The average Bonchev–Trinajstić information content (AvgIpc) is 2.61. The molecule has 0 saturated carbocycles. The highest BCUT2D eigenvalue weighted by Crippen LogP contribution is 2.20. The van der Waals surface area contributed by atoms with Gasteiger partial charge in [-0.05, 0) is 49.7 Å². The van der Waals surface area contributed by atoms with Crippen molar-refractivity contribution in [1.29, 1.82) is 0 Å². The molecule has 0 amide bonds. The van der Waals surface area contributed by atoms with E-state index < -0.39 is 5.97 Å². The fourth-order valence-electron chi connectivity index (χ4n) is 2.05. The van der Waals surface area contributed by atoms with E-state index in [9.17, 15) is 9.59 Å². The smallest absolute Gasteiger partial charge is 0.349 e. The molecule has 5 heteroatoms. The number of esters is 1. The summed E-state index contributed by atoms with van der Waals surface area (Å²) in [5, 5.41) is 0. The van der Waals surface area contributed by atoms with Gasteiger partial charge in [-0.25, -0.2) is 4.79 Å². The second kappa shape index (κ2) is 9.47. The summed E-state index contributed by atoms with van der Waals surface area (Å²) in [6.45, 7) is 4.02. The summed E-state index contributed by atoms with van der Waals surface area (Å²) >= 11 is 0. The number of Topliss-reactive ketones (excluding diaryl/α,β-unsaturated/α-hetero) is 1. The van der Waals surface area contributed by atoms with Gasteiger partial charge in [-0.3, -0.25) is 4.79 Å². The molecule has 2 rings (SSSR count). The van der Waals surface area contributed by atoms with Crippen LogP contribution in [0.1, 0.15) is 37.0 Å². The van der Waals surface area contributed by atoms with Gasteiger partial charge in [-0.1, -0.05) is 19.4 Å². The van der Waals surface area contributed by atoms with Crippen molar-refractivity contribution in [1.82, 2.24) is 0 Å². The predicted molar refractivity (Wildman–Crippen MR) is 94.4 cm³/mol. The lowest BCUT2D eigenvalue weighted by Gasteiger charge is -2.09. The lowest BCUT2D eigenvalue weighted by Crippen LogP contribution is -2.17. The molecule has 2 aromatic rings. The summed E-state index contributed by atoms with van der Waals surface area (Å²) < 4.78 is 16.2. The molecule has 0 saturated heterocycles. The van der Waals surface area contributed by atoms with Crippen molar-refractivity contribution in [3.8, 4) is 17.2 Å². The lowest BCUT2D eigenvalue weighted by atomic mass is 10.1. The van der Waals surface area contributed by atoms with Gasteiger partial charge in [0.25, 0.3) is 0 Å². The number of ketones is 1. The first-order valence-electron chi connectivity index (χ1n) is 8.26. The van der Waals surface area contributed by atoms with Gasteiger partial charge in [0.05, 0.1) is 6.61 Å². The number of ether oxygens (including phenoxy) is 3. The van der Waals surface area contributed by atoms with E-state index in [1.165, 1.54) is 6.92 Å². The van der Waals surface area contributed by atoms with Crippen LogP contribution in [0.4, 0.5) is 0 Å². The van der Waals surface area contributed by atoms with Crippen molar-refractivity contribution in [2.24, 2.45) is 0 Å². The maximum atomic E-state index is 11.9. The molecule has 0 N–H and O–H groups in total. The Morgan fingerprint density at radius 2 is 1.60 bits per heavy atom. The van der Waals surface area contributed by atoms with Crippen LogP contribution in [-0.2, 0) is 4.79 Å². The first kappa shape index (κ1) is 18.5. The Hall–Kier alpha value is -2.82. The topological polar surface area (TPSA) is 61.8 Å². The van der Waals surface area contributed by atoms with E-state index in [0.717, 1.165) is 12.8 Å². The number of carbonyl (C=O) groups is 2. The lowest BCUT2D eigenvalue weighted by molar-refractivity contribution is -0.136. The van der Waals surface area contributed by atoms with Gasteiger partial charge in [-0.2, -0.15) is 0 Å². The molecule has 0 aliphatic carbocycles. The van der Waals surface area contributed by atoms with Crippen LogP contribution in [-0.4, -0.2) is 25.0 Å². The highest BCUT2D eigenvalue weighted by Gasteiger charge is 2.08. The first-order valence-corrected chi connectivity index (χ1v) is 8.26. The monoisotopic (exact) mass is 342 g/mol. The molecule has 0 spiro atoms. The number of benzene rings is 2. The Labute approximate surface area is 147 Å². The van der Waals surface area contributed by atoms with Crippen LogP contribution in [0, 0.1) is 0 Å². The zero-order valence-electron chi connectivity index (χ0n) is 14.5. The molecule has 0 heterocycles. The van der Waals surface area contributed by atoms with Gasteiger partial charge in [0.2, 0.25) is 0 Å². The van der Waals surface area contributed by atoms with E-state index in [-0.39, 0.29) is 12.4 Å². The quantitative estimate of drug-likeness (QED) is 0.298. The number of carbonyl (C=O) groups excluding carboxylic acids is 2. The number of hydrogen-bond donors (Lipinski definition) is 0. The molecule has 0 radical (unpaired) electrons. The largest absolute Gasteiger partial charge is 0.493 e. The highest BCUT2D eigenvalue weighted by atomic mass is 16.6. The molecule has 0 aliphatic rings. The van der Waals surface area contributed by atoms with Crippen molar-refractivity contribution < 1.29 is 23.8 Å². The van der Waals surface area contributed by atoms with Crippen molar-refractivity contribution in [3.05, 3.63) is 54.1 Å². The minimum absolute atomic E-state index is 0.0396. The summed E-state index contributed by atoms with van der Waals surface area (Å²) in [6.07, 6.45) is 2.05. The van der Waals surface area contributed by atoms with Gasteiger partial charge < -0.3 is 14.2 Å². The van der Waals surface area contributed by atoms with Gasteiger partial charge >= 0.3 is 5.97 Å². The highest BCUT2D eigenvalue weighted by molar-refractivity contribution is 5.94. The summed E-state index contributed by atoms with van der Waals surface area (Å²) in [4.78, 5) is 23.1. The molecule has 0 bridgehead atoms. The summed E-state index contributed by atoms with van der Waals surface area (Å²) in [7, 11) is 0. The molecule has 0 fully saturated rings. The maximum Gasteiger partial charge on any atom is 0.349 e. The van der Waals surface area contributed by atoms with Gasteiger partial charge in [0.15, 0.2) is 12.4 Å². The van der Waals surface area contributed by atoms with E-state index >= 15 is 0 Å². The zero-order chi connectivity index (χ0) is 18.1. The second-order valence-electron chi connectivity index (χ2n) is 5.52. The van der Waals surface area contributed by atoms with Gasteiger partial charge in [-0.15, -0.1) is 0 Å². The second-order valence-corrected chi connectivity index (χ2v) is 5.52. The Morgan fingerprint density at radius 3 is 2.24 bits per heavy atom. The van der Waals surface area contributed by atoms with Gasteiger partial charge in [0, 0.05) is 11.6 Å². The Morgan fingerprint density at radius 1 is 0.920 bits per heavy atom. The fraction of sp³-hybridized carbons (Fsp3) is 0.300. The van der Waals surface area contributed by atoms with Crippen molar-refractivity contribution in [2.75, 3.05) is 13.2 Å². The third-order valence-electron chi connectivity index (χ3n) is 3.42. The van der Waals surface area contributed by atoms with Crippen LogP contribution in [0.5, 0.6) is 17.2 Å². The van der Waals surface area contributed by atoms with E-state index in [1.807, 2.05) is 12.1 Å². The molecule has 0 aromatic heterocycles.